The van der Waals surface area contributed by atoms with Crippen molar-refractivity contribution in [1.82, 2.24) is 9.47 Å². The van der Waals surface area contributed by atoms with Crippen LogP contribution in [0.5, 0.6) is 5.88 Å². The predicted octanol–water partition coefficient (Wildman–Crippen LogP) is 4.22. The van der Waals surface area contributed by atoms with E-state index in [4.69, 9.17) is 4.99 Å². The van der Waals surface area contributed by atoms with Gasteiger partial charge < -0.3 is 5.11 Å². The fraction of sp³-hybridized carbons (Fsp3) is 0.360. The Morgan fingerprint density at radius 2 is 1.93 bits per heavy atom. The maximum absolute atomic E-state index is 13.3. The lowest BCUT2D eigenvalue weighted by molar-refractivity contribution is 0.273. The van der Waals surface area contributed by atoms with Crippen LogP contribution in [0.2, 0.25) is 0 Å². The van der Waals surface area contributed by atoms with Crippen LogP contribution in [0.25, 0.3) is 16.5 Å². The molecule has 0 amide bonds. The number of pyridine rings is 1. The summed E-state index contributed by atoms with van der Waals surface area (Å²) in [5.41, 5.74) is 3.11. The number of likely N-dealkylation sites (tertiary alicyclic amines) is 1. The number of aryl methyl sites for hydroxylation is 2. The van der Waals surface area contributed by atoms with Crippen LogP contribution < -0.4 is 5.56 Å². The minimum Gasteiger partial charge on any atom is -0.494 e. The highest BCUT2D eigenvalue weighted by Gasteiger charge is 2.22. The topological polar surface area (TPSA) is 57.8 Å². The first-order chi connectivity index (χ1) is 14.5. The van der Waals surface area contributed by atoms with Crippen molar-refractivity contribution in [3.05, 3.63) is 69.5 Å². The average Bonchev–Trinajstić information content (AvgIpc) is 3.19. The SMILES string of the molecule is CCN1CCCC1CN=Cc1c(O)n(-c2ccc(C)cc2C)c(=O)c2ccccc12. The summed E-state index contributed by atoms with van der Waals surface area (Å²) >= 11 is 0. The second kappa shape index (κ2) is 8.44. The van der Waals surface area contributed by atoms with Crippen LogP contribution in [-0.4, -0.2) is 46.5 Å². The minimum atomic E-state index is -0.222. The smallest absolute Gasteiger partial charge is 0.265 e. The highest BCUT2D eigenvalue weighted by Crippen LogP contribution is 2.27. The van der Waals surface area contributed by atoms with Gasteiger partial charge in [0.25, 0.3) is 5.56 Å². The van der Waals surface area contributed by atoms with E-state index in [9.17, 15) is 9.90 Å². The summed E-state index contributed by atoms with van der Waals surface area (Å²) in [6.45, 7) is 9.01. The summed E-state index contributed by atoms with van der Waals surface area (Å²) < 4.78 is 1.41. The molecule has 1 aromatic heterocycles. The molecule has 1 atom stereocenters. The third-order valence-corrected chi connectivity index (χ3v) is 6.14. The number of benzene rings is 2. The molecular weight excluding hydrogens is 374 g/mol. The molecule has 1 N–H and O–H groups in total. The van der Waals surface area contributed by atoms with Crippen molar-refractivity contribution in [3.8, 4) is 11.6 Å². The van der Waals surface area contributed by atoms with Gasteiger partial charge in [0, 0.05) is 23.0 Å². The molecule has 1 fully saturated rings. The molecule has 3 aromatic rings. The third kappa shape index (κ3) is 3.65. The number of likely N-dealkylation sites (N-methyl/N-ethyl adjacent to an activating group) is 1. The predicted molar refractivity (Wildman–Crippen MR) is 123 cm³/mol. The Hall–Kier alpha value is -2.92. The van der Waals surface area contributed by atoms with Crippen molar-refractivity contribution >= 4 is 17.0 Å². The highest BCUT2D eigenvalue weighted by atomic mass is 16.3. The minimum absolute atomic E-state index is 0.0619. The number of fused-ring (bicyclic) bond motifs is 1. The number of aromatic nitrogens is 1. The summed E-state index contributed by atoms with van der Waals surface area (Å²) in [4.78, 5) is 20.4. The second-order valence-corrected chi connectivity index (χ2v) is 8.13. The molecule has 4 rings (SSSR count). The van der Waals surface area contributed by atoms with Crippen molar-refractivity contribution in [2.75, 3.05) is 19.6 Å². The Kier molecular flexibility index (Phi) is 5.73. The Morgan fingerprint density at radius 1 is 1.17 bits per heavy atom. The van der Waals surface area contributed by atoms with E-state index >= 15 is 0 Å². The van der Waals surface area contributed by atoms with E-state index in [0.29, 0.717) is 29.2 Å². The van der Waals surface area contributed by atoms with Crippen molar-refractivity contribution in [3.63, 3.8) is 0 Å². The number of rotatable bonds is 5. The molecule has 5 heteroatoms. The number of hydrogen-bond donors (Lipinski definition) is 1. The first-order valence-corrected chi connectivity index (χ1v) is 10.7. The first kappa shape index (κ1) is 20.4. The van der Waals surface area contributed by atoms with Gasteiger partial charge in [0.2, 0.25) is 5.88 Å². The number of aliphatic imine (C=N–C) groups is 1. The van der Waals surface area contributed by atoms with Crippen molar-refractivity contribution in [2.45, 2.75) is 39.7 Å². The van der Waals surface area contributed by atoms with Gasteiger partial charge in [-0.3, -0.25) is 14.7 Å². The van der Waals surface area contributed by atoms with Crippen LogP contribution in [0.1, 0.15) is 36.5 Å². The van der Waals surface area contributed by atoms with Gasteiger partial charge in [-0.1, -0.05) is 42.8 Å². The van der Waals surface area contributed by atoms with E-state index < -0.39 is 0 Å². The summed E-state index contributed by atoms with van der Waals surface area (Å²) in [5.74, 6) is -0.0619. The lowest BCUT2D eigenvalue weighted by Crippen LogP contribution is -2.31. The largest absolute Gasteiger partial charge is 0.494 e. The zero-order valence-corrected chi connectivity index (χ0v) is 17.9. The van der Waals surface area contributed by atoms with Crippen molar-refractivity contribution in [1.29, 1.82) is 0 Å². The molecule has 0 bridgehead atoms. The van der Waals surface area contributed by atoms with Crippen molar-refractivity contribution < 1.29 is 5.11 Å². The van der Waals surface area contributed by atoms with E-state index in [1.54, 1.807) is 6.21 Å². The molecule has 2 aromatic carbocycles. The molecule has 30 heavy (non-hydrogen) atoms. The van der Waals surface area contributed by atoms with E-state index in [2.05, 4.69) is 11.8 Å². The van der Waals surface area contributed by atoms with Crippen molar-refractivity contribution in [2.24, 2.45) is 4.99 Å². The standard InChI is InChI=1S/C25H29N3O2/c1-4-27-13-7-8-19(27)15-26-16-22-20-9-5-6-10-21(20)24(29)28(25(22)30)23-12-11-17(2)14-18(23)3/h5-6,9-12,14,16,19,30H,4,7-8,13,15H2,1-3H3. The zero-order chi connectivity index (χ0) is 21.3. The second-order valence-electron chi connectivity index (χ2n) is 8.13. The number of aromatic hydroxyl groups is 1. The van der Waals surface area contributed by atoms with Gasteiger partial charge in [-0.15, -0.1) is 0 Å². The molecule has 0 aliphatic carbocycles. The number of nitrogens with zero attached hydrogens (tertiary/aromatic N) is 3. The van der Waals surface area contributed by atoms with Crippen LogP contribution in [0.3, 0.4) is 0 Å². The molecule has 1 saturated heterocycles. The molecule has 0 radical (unpaired) electrons. The third-order valence-electron chi connectivity index (χ3n) is 6.14. The van der Waals surface area contributed by atoms with E-state index in [1.165, 1.54) is 11.0 Å². The van der Waals surface area contributed by atoms with Gasteiger partial charge in [0.15, 0.2) is 0 Å². The average molecular weight is 404 g/mol. The first-order valence-electron chi connectivity index (χ1n) is 10.7. The fourth-order valence-corrected chi connectivity index (χ4v) is 4.55. The fourth-order valence-electron chi connectivity index (χ4n) is 4.55. The Bertz CT molecular complexity index is 1160. The Morgan fingerprint density at radius 3 is 2.67 bits per heavy atom. The lowest BCUT2D eigenvalue weighted by atomic mass is 10.1. The van der Waals surface area contributed by atoms with Gasteiger partial charge in [-0.05, 0) is 57.5 Å². The van der Waals surface area contributed by atoms with Gasteiger partial charge in [0.1, 0.15) is 0 Å². The Labute approximate surface area is 177 Å². The van der Waals surface area contributed by atoms with Gasteiger partial charge in [-0.2, -0.15) is 0 Å². The van der Waals surface area contributed by atoms with Crippen LogP contribution in [0.15, 0.2) is 52.3 Å². The summed E-state index contributed by atoms with van der Waals surface area (Å²) in [5, 5.41) is 12.5. The molecule has 2 heterocycles. The van der Waals surface area contributed by atoms with Gasteiger partial charge in [-0.25, -0.2) is 4.57 Å². The highest BCUT2D eigenvalue weighted by molar-refractivity contribution is 6.01. The number of hydrogen-bond acceptors (Lipinski definition) is 4. The quantitative estimate of drug-likeness (QED) is 0.649. The summed E-state index contributed by atoms with van der Waals surface area (Å²) in [6, 6.07) is 13.7. The summed E-state index contributed by atoms with van der Waals surface area (Å²) in [7, 11) is 0. The molecule has 1 aliphatic rings. The Balaban J connectivity index is 1.83. The van der Waals surface area contributed by atoms with E-state index in [1.807, 2.05) is 56.3 Å². The van der Waals surface area contributed by atoms with E-state index in [0.717, 1.165) is 36.0 Å². The molecule has 0 saturated carbocycles. The molecule has 1 unspecified atom stereocenters. The lowest BCUT2D eigenvalue weighted by Gasteiger charge is -2.20. The van der Waals surface area contributed by atoms with Crippen LogP contribution in [-0.2, 0) is 0 Å². The maximum Gasteiger partial charge on any atom is 0.265 e. The van der Waals surface area contributed by atoms with Gasteiger partial charge in [0.05, 0.1) is 17.8 Å². The van der Waals surface area contributed by atoms with Crippen LogP contribution >= 0.6 is 0 Å². The van der Waals surface area contributed by atoms with Crippen LogP contribution in [0, 0.1) is 13.8 Å². The molecule has 156 valence electrons. The molecular formula is C25H29N3O2. The van der Waals surface area contributed by atoms with Crippen LogP contribution in [0.4, 0.5) is 0 Å². The molecule has 5 nitrogen and oxygen atoms in total. The zero-order valence-electron chi connectivity index (χ0n) is 17.9. The van der Waals surface area contributed by atoms with E-state index in [-0.39, 0.29) is 11.4 Å². The maximum atomic E-state index is 13.3. The normalized spacial score (nSPS) is 17.4. The molecule has 1 aliphatic heterocycles. The monoisotopic (exact) mass is 403 g/mol. The molecule has 0 spiro atoms. The van der Waals surface area contributed by atoms with Gasteiger partial charge >= 0.3 is 0 Å². The summed E-state index contributed by atoms with van der Waals surface area (Å²) in [6.07, 6.45) is 4.10.